The van der Waals surface area contributed by atoms with E-state index in [1.165, 1.54) is 42.0 Å². The number of thiazole rings is 1. The van der Waals surface area contributed by atoms with Crippen LogP contribution < -0.4 is 0 Å². The molecule has 0 saturated heterocycles. The molecule has 1 fully saturated rings. The molecule has 13 heavy (non-hydrogen) atoms. The van der Waals surface area contributed by atoms with Gasteiger partial charge in [0, 0.05) is 17.0 Å². The van der Waals surface area contributed by atoms with E-state index in [-0.39, 0.29) is 0 Å². The van der Waals surface area contributed by atoms with Gasteiger partial charge in [-0.3, -0.25) is 0 Å². The molecule has 0 aliphatic heterocycles. The smallest absolute Gasteiger partial charge is 0.0958 e. The highest BCUT2D eigenvalue weighted by Gasteiger charge is 2.18. The fraction of sp³-hybridized carbons (Fsp3) is 0.727. The van der Waals surface area contributed by atoms with Gasteiger partial charge in [-0.2, -0.15) is 0 Å². The standard InChI is InChI=1S/C11H17NS/c1-2-10-8-12-11(13-10)9-6-4-3-5-7-9/h8-9H,2-7H2,1H3. The molecule has 1 aromatic heterocycles. The van der Waals surface area contributed by atoms with E-state index in [2.05, 4.69) is 18.1 Å². The van der Waals surface area contributed by atoms with Gasteiger partial charge in [0.2, 0.25) is 0 Å². The van der Waals surface area contributed by atoms with E-state index < -0.39 is 0 Å². The van der Waals surface area contributed by atoms with Crippen molar-refractivity contribution in [1.82, 2.24) is 4.98 Å². The van der Waals surface area contributed by atoms with Crippen LogP contribution in [0.3, 0.4) is 0 Å². The minimum Gasteiger partial charge on any atom is -0.249 e. The second-order valence-electron chi connectivity index (χ2n) is 3.85. The summed E-state index contributed by atoms with van der Waals surface area (Å²) < 4.78 is 0. The Morgan fingerprint density at radius 3 is 2.77 bits per heavy atom. The van der Waals surface area contributed by atoms with Gasteiger partial charge >= 0.3 is 0 Å². The molecular weight excluding hydrogens is 178 g/mol. The summed E-state index contributed by atoms with van der Waals surface area (Å²) in [5.74, 6) is 0.791. The number of aromatic nitrogens is 1. The molecule has 0 radical (unpaired) electrons. The molecule has 1 saturated carbocycles. The molecule has 1 aromatic rings. The first kappa shape index (κ1) is 9.20. The summed E-state index contributed by atoms with van der Waals surface area (Å²) in [5, 5.41) is 1.40. The number of rotatable bonds is 2. The zero-order valence-corrected chi connectivity index (χ0v) is 9.07. The lowest BCUT2D eigenvalue weighted by molar-refractivity contribution is 0.442. The van der Waals surface area contributed by atoms with E-state index >= 15 is 0 Å². The van der Waals surface area contributed by atoms with Crippen LogP contribution in [0.15, 0.2) is 6.20 Å². The molecule has 0 spiro atoms. The number of nitrogens with zero attached hydrogens (tertiary/aromatic N) is 1. The maximum atomic E-state index is 4.53. The summed E-state index contributed by atoms with van der Waals surface area (Å²) in [5.41, 5.74) is 0. The summed E-state index contributed by atoms with van der Waals surface area (Å²) in [4.78, 5) is 5.97. The Morgan fingerprint density at radius 2 is 2.15 bits per heavy atom. The van der Waals surface area contributed by atoms with Crippen LogP contribution in [0.4, 0.5) is 0 Å². The van der Waals surface area contributed by atoms with Crippen LogP contribution in [0.25, 0.3) is 0 Å². The van der Waals surface area contributed by atoms with Crippen LogP contribution in [0.5, 0.6) is 0 Å². The third-order valence-corrected chi connectivity index (χ3v) is 4.18. The largest absolute Gasteiger partial charge is 0.249 e. The summed E-state index contributed by atoms with van der Waals surface area (Å²) in [6, 6.07) is 0. The molecule has 0 amide bonds. The van der Waals surface area contributed by atoms with Crippen molar-refractivity contribution in [3.8, 4) is 0 Å². The van der Waals surface area contributed by atoms with Crippen molar-refractivity contribution in [2.45, 2.75) is 51.4 Å². The molecule has 1 nitrogen and oxygen atoms in total. The molecule has 1 heterocycles. The van der Waals surface area contributed by atoms with Crippen LogP contribution in [-0.4, -0.2) is 4.98 Å². The van der Waals surface area contributed by atoms with Crippen molar-refractivity contribution in [1.29, 1.82) is 0 Å². The van der Waals surface area contributed by atoms with Crippen LogP contribution in [-0.2, 0) is 6.42 Å². The van der Waals surface area contributed by atoms with Gasteiger partial charge in [0.1, 0.15) is 0 Å². The fourth-order valence-corrected chi connectivity index (χ4v) is 3.05. The predicted octanol–water partition coefficient (Wildman–Crippen LogP) is 3.75. The van der Waals surface area contributed by atoms with Gasteiger partial charge < -0.3 is 0 Å². The summed E-state index contributed by atoms with van der Waals surface area (Å²) in [6.45, 7) is 2.21. The van der Waals surface area contributed by atoms with E-state index in [1.807, 2.05) is 11.3 Å². The van der Waals surface area contributed by atoms with Crippen LogP contribution in [0.2, 0.25) is 0 Å². The first-order valence-electron chi connectivity index (χ1n) is 5.34. The Kier molecular flexibility index (Phi) is 2.99. The van der Waals surface area contributed by atoms with Crippen molar-refractivity contribution in [3.05, 3.63) is 16.1 Å². The highest BCUT2D eigenvalue weighted by Crippen LogP contribution is 2.34. The minimum absolute atomic E-state index is 0.791. The number of hydrogen-bond donors (Lipinski definition) is 0. The van der Waals surface area contributed by atoms with Crippen molar-refractivity contribution in [2.75, 3.05) is 0 Å². The first-order chi connectivity index (χ1) is 6.40. The molecule has 1 aliphatic carbocycles. The molecule has 2 heteroatoms. The van der Waals surface area contributed by atoms with Gasteiger partial charge in [-0.1, -0.05) is 26.2 Å². The lowest BCUT2D eigenvalue weighted by Crippen LogP contribution is -2.03. The van der Waals surface area contributed by atoms with Gasteiger partial charge in [0.25, 0.3) is 0 Å². The molecule has 72 valence electrons. The van der Waals surface area contributed by atoms with E-state index in [9.17, 15) is 0 Å². The third-order valence-electron chi connectivity index (χ3n) is 2.87. The van der Waals surface area contributed by atoms with E-state index in [0.717, 1.165) is 12.3 Å². The molecule has 0 bridgehead atoms. The van der Waals surface area contributed by atoms with Crippen molar-refractivity contribution >= 4 is 11.3 Å². The Labute approximate surface area is 84.2 Å². The average molecular weight is 195 g/mol. The van der Waals surface area contributed by atoms with E-state index in [0.29, 0.717) is 0 Å². The zero-order valence-electron chi connectivity index (χ0n) is 8.25. The van der Waals surface area contributed by atoms with E-state index in [1.54, 1.807) is 0 Å². The monoisotopic (exact) mass is 195 g/mol. The molecule has 0 atom stereocenters. The third kappa shape index (κ3) is 2.11. The SMILES string of the molecule is CCc1cnc(C2CCCCC2)s1. The maximum absolute atomic E-state index is 4.53. The Balaban J connectivity index is 2.05. The Bertz CT molecular complexity index is 261. The minimum atomic E-state index is 0.791. The molecule has 2 rings (SSSR count). The van der Waals surface area contributed by atoms with Crippen molar-refractivity contribution in [2.24, 2.45) is 0 Å². The molecular formula is C11H17NS. The number of hydrogen-bond acceptors (Lipinski definition) is 2. The van der Waals surface area contributed by atoms with Gasteiger partial charge in [0.15, 0.2) is 0 Å². The molecule has 0 aromatic carbocycles. The van der Waals surface area contributed by atoms with Crippen molar-refractivity contribution in [3.63, 3.8) is 0 Å². The van der Waals surface area contributed by atoms with E-state index in [4.69, 9.17) is 0 Å². The average Bonchev–Trinajstić information content (AvgIpc) is 2.67. The van der Waals surface area contributed by atoms with Gasteiger partial charge in [-0.25, -0.2) is 4.98 Å². The maximum Gasteiger partial charge on any atom is 0.0958 e. The van der Waals surface area contributed by atoms with Gasteiger partial charge in [-0.15, -0.1) is 11.3 Å². The molecule has 1 aliphatic rings. The Morgan fingerprint density at radius 1 is 1.38 bits per heavy atom. The summed E-state index contributed by atoms with van der Waals surface area (Å²) in [7, 11) is 0. The Hall–Kier alpha value is -0.370. The zero-order chi connectivity index (χ0) is 9.10. The normalized spacial score (nSPS) is 19.2. The second kappa shape index (κ2) is 4.23. The van der Waals surface area contributed by atoms with Crippen molar-refractivity contribution < 1.29 is 0 Å². The lowest BCUT2D eigenvalue weighted by atomic mass is 9.90. The van der Waals surface area contributed by atoms with Crippen LogP contribution in [0.1, 0.15) is 54.8 Å². The quantitative estimate of drug-likeness (QED) is 0.700. The molecule has 0 unspecified atom stereocenters. The fourth-order valence-electron chi connectivity index (χ4n) is 2.02. The highest BCUT2D eigenvalue weighted by molar-refractivity contribution is 7.11. The lowest BCUT2D eigenvalue weighted by Gasteiger charge is -2.18. The van der Waals surface area contributed by atoms with Gasteiger partial charge in [-0.05, 0) is 19.3 Å². The first-order valence-corrected chi connectivity index (χ1v) is 6.16. The van der Waals surface area contributed by atoms with Crippen LogP contribution >= 0.6 is 11.3 Å². The van der Waals surface area contributed by atoms with Gasteiger partial charge in [0.05, 0.1) is 5.01 Å². The molecule has 0 N–H and O–H groups in total. The topological polar surface area (TPSA) is 12.9 Å². The second-order valence-corrected chi connectivity index (χ2v) is 5.00. The predicted molar refractivity (Wildman–Crippen MR) is 57.3 cm³/mol. The van der Waals surface area contributed by atoms with Crippen LogP contribution in [0, 0.1) is 0 Å². The summed E-state index contributed by atoms with van der Waals surface area (Å²) in [6.07, 6.45) is 10.2. The summed E-state index contributed by atoms with van der Waals surface area (Å²) >= 11 is 1.93. The number of aryl methyl sites for hydroxylation is 1. The highest BCUT2D eigenvalue weighted by atomic mass is 32.1.